The average Bonchev–Trinajstić information content (AvgIpc) is 3.27. The van der Waals surface area contributed by atoms with Crippen LogP contribution < -0.4 is 4.90 Å². The molecule has 206 valence electrons. The van der Waals surface area contributed by atoms with E-state index in [9.17, 15) is 19.8 Å². The van der Waals surface area contributed by atoms with Crippen LogP contribution in [0.5, 0.6) is 0 Å². The molecule has 0 saturated heterocycles. The van der Waals surface area contributed by atoms with Crippen molar-refractivity contribution in [3.8, 4) is 11.1 Å². The van der Waals surface area contributed by atoms with Gasteiger partial charge in [-0.3, -0.25) is 0 Å². The summed E-state index contributed by atoms with van der Waals surface area (Å²) in [6.07, 6.45) is 0. The second-order valence-electron chi connectivity index (χ2n) is 12.0. The lowest BCUT2D eigenvalue weighted by molar-refractivity contribution is 0.0696. The summed E-state index contributed by atoms with van der Waals surface area (Å²) < 4.78 is 0. The van der Waals surface area contributed by atoms with Crippen LogP contribution in [-0.4, -0.2) is 22.2 Å². The van der Waals surface area contributed by atoms with Crippen molar-refractivity contribution >= 4 is 29.0 Å². The maximum atomic E-state index is 12.9. The average molecular weight is 552 g/mol. The predicted octanol–water partition coefficient (Wildman–Crippen LogP) is 8.53. The van der Waals surface area contributed by atoms with Crippen molar-refractivity contribution in [3.05, 3.63) is 148 Å². The number of benzene rings is 5. The van der Waals surface area contributed by atoms with Gasteiger partial charge in [0.05, 0.1) is 33.6 Å². The van der Waals surface area contributed by atoms with Crippen molar-refractivity contribution in [1.29, 1.82) is 0 Å². The van der Waals surface area contributed by atoms with Gasteiger partial charge in [0.25, 0.3) is 0 Å². The molecule has 0 radical (unpaired) electrons. The monoisotopic (exact) mass is 551 g/mol. The Morgan fingerprint density at radius 1 is 0.595 bits per heavy atom. The Hall–Kier alpha value is -5.16. The highest BCUT2D eigenvalue weighted by molar-refractivity contribution is 6.08. The van der Waals surface area contributed by atoms with E-state index in [0.717, 1.165) is 44.8 Å². The van der Waals surface area contributed by atoms with Crippen molar-refractivity contribution in [2.75, 3.05) is 4.90 Å². The van der Waals surface area contributed by atoms with Gasteiger partial charge in [0, 0.05) is 0 Å². The molecule has 0 aromatic heterocycles. The minimum atomic E-state index is -1.18. The van der Waals surface area contributed by atoms with Crippen LogP contribution in [0.2, 0.25) is 0 Å². The summed E-state index contributed by atoms with van der Waals surface area (Å²) in [5, 5.41) is 21.1. The van der Waals surface area contributed by atoms with Crippen LogP contribution in [0.15, 0.2) is 109 Å². The summed E-state index contributed by atoms with van der Waals surface area (Å²) in [6.45, 7) is 5.84. The quantitative estimate of drug-likeness (QED) is 0.230. The van der Waals surface area contributed by atoms with E-state index in [1.165, 1.54) is 0 Å². The molecular weight excluding hydrogens is 522 g/mol. The molecule has 42 heavy (non-hydrogen) atoms. The van der Waals surface area contributed by atoms with Crippen LogP contribution in [0.1, 0.15) is 69.3 Å². The normalized spacial score (nSPS) is 14.1. The Labute approximate surface area is 244 Å². The molecule has 5 aromatic carbocycles. The van der Waals surface area contributed by atoms with Crippen LogP contribution in [0.25, 0.3) is 11.1 Å². The van der Waals surface area contributed by atoms with E-state index in [1.54, 1.807) is 12.1 Å². The standard InChI is InChI=1S/C37H29NO4/c1-36(2,3)22-20-25(34(39)40)33(26(21-22)35(41)42)38-31-18-10-8-16-29(31)37(30-17-9-11-19-32(30)38)27-14-6-4-12-23(27)24-13-5-7-15-28(24)37/h4-21H,1-3H3,(H,39,40)(H,41,42). The maximum Gasteiger partial charge on any atom is 0.337 e. The Morgan fingerprint density at radius 3 is 1.38 bits per heavy atom. The maximum absolute atomic E-state index is 12.9. The first kappa shape index (κ1) is 25.8. The molecule has 5 aromatic rings. The fourth-order valence-electron chi connectivity index (χ4n) is 6.94. The first-order chi connectivity index (χ1) is 20.2. The number of carbonyl (C=O) groups is 2. The molecule has 1 spiro atoms. The molecule has 0 atom stereocenters. The minimum Gasteiger partial charge on any atom is -0.478 e. The van der Waals surface area contributed by atoms with E-state index in [4.69, 9.17) is 0 Å². The van der Waals surface area contributed by atoms with Crippen LogP contribution in [-0.2, 0) is 10.8 Å². The first-order valence-corrected chi connectivity index (χ1v) is 14.0. The Balaban J connectivity index is 1.64. The lowest BCUT2D eigenvalue weighted by Crippen LogP contribution is -2.37. The second kappa shape index (κ2) is 8.92. The van der Waals surface area contributed by atoms with Crippen LogP contribution in [0, 0.1) is 0 Å². The fourth-order valence-corrected chi connectivity index (χ4v) is 6.94. The van der Waals surface area contributed by atoms with E-state index in [1.807, 2.05) is 62.1 Å². The first-order valence-electron chi connectivity index (χ1n) is 14.0. The van der Waals surface area contributed by atoms with Crippen molar-refractivity contribution < 1.29 is 19.8 Å². The predicted molar refractivity (Wildman–Crippen MR) is 165 cm³/mol. The number of carboxylic acids is 2. The molecule has 7 rings (SSSR count). The summed E-state index contributed by atoms with van der Waals surface area (Å²) in [5.74, 6) is -2.35. The lowest BCUT2D eigenvalue weighted by atomic mass is 9.64. The number of para-hydroxylation sites is 2. The third-order valence-electron chi connectivity index (χ3n) is 8.71. The van der Waals surface area contributed by atoms with Gasteiger partial charge < -0.3 is 15.1 Å². The van der Waals surface area contributed by atoms with E-state index in [0.29, 0.717) is 5.56 Å². The van der Waals surface area contributed by atoms with Crippen LogP contribution in [0.4, 0.5) is 17.1 Å². The number of nitrogens with zero attached hydrogens (tertiary/aromatic N) is 1. The highest BCUT2D eigenvalue weighted by atomic mass is 16.4. The summed E-state index contributed by atoms with van der Waals surface area (Å²) in [6, 6.07) is 36.0. The highest BCUT2D eigenvalue weighted by Crippen LogP contribution is 2.63. The van der Waals surface area contributed by atoms with Gasteiger partial charge in [-0.25, -0.2) is 9.59 Å². The summed E-state index contributed by atoms with van der Waals surface area (Å²) in [5.41, 5.74) is 7.59. The smallest absolute Gasteiger partial charge is 0.337 e. The van der Waals surface area contributed by atoms with Crippen molar-refractivity contribution in [2.45, 2.75) is 31.6 Å². The number of hydrogen-bond acceptors (Lipinski definition) is 3. The summed E-state index contributed by atoms with van der Waals surface area (Å²) in [4.78, 5) is 27.6. The molecule has 0 unspecified atom stereocenters. The van der Waals surface area contributed by atoms with Gasteiger partial charge in [0.2, 0.25) is 0 Å². The fraction of sp³-hybridized carbons (Fsp3) is 0.135. The Kier molecular flexibility index (Phi) is 5.48. The zero-order chi connectivity index (χ0) is 29.4. The largest absolute Gasteiger partial charge is 0.478 e. The van der Waals surface area contributed by atoms with Crippen molar-refractivity contribution in [2.24, 2.45) is 0 Å². The third-order valence-corrected chi connectivity index (χ3v) is 8.71. The van der Waals surface area contributed by atoms with E-state index < -0.39 is 22.8 Å². The van der Waals surface area contributed by atoms with Gasteiger partial charge in [-0.15, -0.1) is 0 Å². The zero-order valence-electron chi connectivity index (χ0n) is 23.6. The van der Waals surface area contributed by atoms with Gasteiger partial charge in [-0.2, -0.15) is 0 Å². The number of hydrogen-bond donors (Lipinski definition) is 2. The number of rotatable bonds is 3. The van der Waals surface area contributed by atoms with Crippen LogP contribution >= 0.6 is 0 Å². The molecule has 1 heterocycles. The molecule has 2 aliphatic rings. The van der Waals surface area contributed by atoms with Gasteiger partial charge in [-0.05, 0) is 68.6 Å². The zero-order valence-corrected chi connectivity index (χ0v) is 23.6. The van der Waals surface area contributed by atoms with E-state index in [-0.39, 0.29) is 16.8 Å². The highest BCUT2D eigenvalue weighted by Gasteiger charge is 2.52. The molecule has 0 amide bonds. The molecule has 5 nitrogen and oxygen atoms in total. The summed E-state index contributed by atoms with van der Waals surface area (Å²) >= 11 is 0. The van der Waals surface area contributed by atoms with E-state index >= 15 is 0 Å². The SMILES string of the molecule is CC(C)(C)c1cc(C(=O)O)c(N2c3ccccc3C3(c4ccccc4-c4ccccc43)c3ccccc32)c(C(=O)O)c1. The van der Waals surface area contributed by atoms with Gasteiger partial charge >= 0.3 is 11.9 Å². The van der Waals surface area contributed by atoms with Gasteiger partial charge in [0.15, 0.2) is 0 Å². The molecule has 0 saturated carbocycles. The van der Waals surface area contributed by atoms with Crippen molar-refractivity contribution in [1.82, 2.24) is 0 Å². The number of fused-ring (bicyclic) bond motifs is 9. The Morgan fingerprint density at radius 2 is 0.976 bits per heavy atom. The summed E-state index contributed by atoms with van der Waals surface area (Å²) in [7, 11) is 0. The number of anilines is 3. The Bertz CT molecular complexity index is 1820. The minimum absolute atomic E-state index is 0.0485. The topological polar surface area (TPSA) is 77.8 Å². The molecule has 1 aliphatic carbocycles. The van der Waals surface area contributed by atoms with Gasteiger partial charge in [-0.1, -0.05) is 106 Å². The van der Waals surface area contributed by atoms with Crippen LogP contribution in [0.3, 0.4) is 0 Å². The molecule has 0 fully saturated rings. The molecule has 2 N–H and O–H groups in total. The molecule has 5 heteroatoms. The molecule has 1 aliphatic heterocycles. The third kappa shape index (κ3) is 3.37. The number of aromatic carboxylic acids is 2. The van der Waals surface area contributed by atoms with Crippen molar-refractivity contribution in [3.63, 3.8) is 0 Å². The molecular formula is C37H29NO4. The molecule has 0 bridgehead atoms. The lowest BCUT2D eigenvalue weighted by Gasteiger charge is -2.45. The second-order valence-corrected chi connectivity index (χ2v) is 12.0. The van der Waals surface area contributed by atoms with Gasteiger partial charge in [0.1, 0.15) is 0 Å². The number of carboxylic acid groups (broad SMARTS) is 2. The van der Waals surface area contributed by atoms with E-state index in [2.05, 4.69) is 60.7 Å².